The average Bonchev–Trinajstić information content (AvgIpc) is 2.69. The first-order chi connectivity index (χ1) is 9.95. The third-order valence-corrected chi connectivity index (χ3v) is 3.57. The molecular weight excluding hydrogens is 294 g/mol. The Morgan fingerprint density at radius 3 is 2.76 bits per heavy atom. The molecule has 7 heteroatoms. The van der Waals surface area contributed by atoms with Crippen molar-refractivity contribution in [2.75, 3.05) is 12.8 Å². The number of carbonyl (C=O) groups excluding carboxylic acids is 1. The van der Waals surface area contributed by atoms with Gasteiger partial charge in [-0.1, -0.05) is 17.7 Å². The van der Waals surface area contributed by atoms with Gasteiger partial charge in [-0.2, -0.15) is 5.10 Å². The third kappa shape index (κ3) is 2.95. The summed E-state index contributed by atoms with van der Waals surface area (Å²) in [5.74, 6) is -0.196. The van der Waals surface area contributed by atoms with E-state index in [9.17, 15) is 4.79 Å². The summed E-state index contributed by atoms with van der Waals surface area (Å²) in [5, 5.41) is 4.59. The van der Waals surface area contributed by atoms with E-state index in [2.05, 4.69) is 5.10 Å². The van der Waals surface area contributed by atoms with Gasteiger partial charge < -0.3 is 15.2 Å². The Morgan fingerprint density at radius 1 is 1.48 bits per heavy atom. The highest BCUT2D eigenvalue weighted by molar-refractivity contribution is 6.30. The minimum atomic E-state index is -0.565. The van der Waals surface area contributed by atoms with E-state index >= 15 is 0 Å². The van der Waals surface area contributed by atoms with Crippen LogP contribution in [0.15, 0.2) is 18.2 Å². The maximum Gasteiger partial charge on any atom is 0.344 e. The maximum absolute atomic E-state index is 12.2. The first kappa shape index (κ1) is 15.2. The van der Waals surface area contributed by atoms with Crippen LogP contribution in [-0.2, 0) is 18.4 Å². The monoisotopic (exact) mass is 309 g/mol. The van der Waals surface area contributed by atoms with Gasteiger partial charge in [0.2, 0.25) is 0 Å². The molecule has 0 aliphatic heterocycles. The molecule has 0 atom stereocenters. The fraction of sp³-hybridized carbons (Fsp3) is 0.286. The molecule has 0 fully saturated rings. The predicted octanol–water partition coefficient (Wildman–Crippen LogP) is 2.33. The predicted molar refractivity (Wildman–Crippen MR) is 79.5 cm³/mol. The number of aromatic nitrogens is 2. The van der Waals surface area contributed by atoms with Gasteiger partial charge in [-0.25, -0.2) is 4.79 Å². The zero-order valence-corrected chi connectivity index (χ0v) is 12.8. The summed E-state index contributed by atoms with van der Waals surface area (Å²) in [7, 11) is 3.19. The van der Waals surface area contributed by atoms with Gasteiger partial charge in [0.25, 0.3) is 0 Å². The lowest BCUT2D eigenvalue weighted by Gasteiger charge is -2.10. The van der Waals surface area contributed by atoms with Crippen LogP contribution in [0.1, 0.15) is 21.6 Å². The van der Waals surface area contributed by atoms with Crippen LogP contribution in [0.25, 0.3) is 0 Å². The van der Waals surface area contributed by atoms with Crippen molar-refractivity contribution < 1.29 is 14.3 Å². The van der Waals surface area contributed by atoms with Crippen LogP contribution in [-0.4, -0.2) is 22.9 Å². The average molecular weight is 310 g/mol. The maximum atomic E-state index is 12.2. The van der Waals surface area contributed by atoms with Gasteiger partial charge in [-0.05, 0) is 19.1 Å². The number of hydrogen-bond donors (Lipinski definition) is 1. The number of halogens is 1. The highest BCUT2D eigenvalue weighted by Gasteiger charge is 2.19. The molecule has 1 heterocycles. The molecule has 0 aliphatic rings. The zero-order chi connectivity index (χ0) is 15.6. The van der Waals surface area contributed by atoms with Gasteiger partial charge in [0, 0.05) is 18.3 Å². The SMILES string of the molecule is COc1cccc(N)c1C(=O)OCc1c(C)nn(C)c1Cl. The number of benzene rings is 1. The van der Waals surface area contributed by atoms with Gasteiger partial charge in [0.15, 0.2) is 0 Å². The van der Waals surface area contributed by atoms with E-state index in [1.807, 2.05) is 0 Å². The lowest BCUT2D eigenvalue weighted by molar-refractivity contribution is 0.0470. The molecule has 1 aromatic heterocycles. The first-order valence-electron chi connectivity index (χ1n) is 6.23. The van der Waals surface area contributed by atoms with E-state index in [0.717, 1.165) is 0 Å². The molecule has 1 aromatic carbocycles. The molecule has 2 N–H and O–H groups in total. The van der Waals surface area contributed by atoms with Gasteiger partial charge in [-0.3, -0.25) is 4.68 Å². The lowest BCUT2D eigenvalue weighted by Crippen LogP contribution is -2.10. The standard InChI is InChI=1S/C14H16ClN3O3/c1-8-9(13(15)18(2)17-8)7-21-14(19)12-10(16)5-4-6-11(12)20-3/h4-6H,7,16H2,1-3H3. The fourth-order valence-corrected chi connectivity index (χ4v) is 2.21. The number of ether oxygens (including phenoxy) is 2. The van der Waals surface area contributed by atoms with Crippen LogP contribution in [0, 0.1) is 6.92 Å². The number of nitrogens with zero attached hydrogens (tertiary/aromatic N) is 2. The van der Waals surface area contributed by atoms with Crippen LogP contribution in [0.5, 0.6) is 5.75 Å². The van der Waals surface area contributed by atoms with Crippen molar-refractivity contribution in [2.45, 2.75) is 13.5 Å². The van der Waals surface area contributed by atoms with Crippen molar-refractivity contribution in [2.24, 2.45) is 7.05 Å². The Balaban J connectivity index is 2.20. The second kappa shape index (κ2) is 6.05. The summed E-state index contributed by atoms with van der Waals surface area (Å²) in [5.41, 5.74) is 7.69. The molecule has 0 saturated heterocycles. The Labute approximate surface area is 127 Å². The van der Waals surface area contributed by atoms with Crippen molar-refractivity contribution in [3.8, 4) is 5.75 Å². The number of hydrogen-bond acceptors (Lipinski definition) is 5. The van der Waals surface area contributed by atoms with Gasteiger partial charge in [-0.15, -0.1) is 0 Å². The summed E-state index contributed by atoms with van der Waals surface area (Å²) < 4.78 is 11.9. The van der Waals surface area contributed by atoms with Gasteiger partial charge in [0.1, 0.15) is 23.1 Å². The molecule has 0 spiro atoms. The normalized spacial score (nSPS) is 10.5. The van der Waals surface area contributed by atoms with E-state index in [1.54, 1.807) is 32.2 Å². The zero-order valence-electron chi connectivity index (χ0n) is 12.0. The number of rotatable bonds is 4. The number of anilines is 1. The number of nitrogens with two attached hydrogens (primary N) is 1. The van der Waals surface area contributed by atoms with Crippen LogP contribution >= 0.6 is 11.6 Å². The van der Waals surface area contributed by atoms with E-state index in [4.69, 9.17) is 26.8 Å². The lowest BCUT2D eigenvalue weighted by atomic mass is 10.1. The highest BCUT2D eigenvalue weighted by atomic mass is 35.5. The first-order valence-corrected chi connectivity index (χ1v) is 6.61. The summed E-state index contributed by atoms with van der Waals surface area (Å²) >= 11 is 6.09. The number of aryl methyl sites for hydroxylation is 2. The summed E-state index contributed by atoms with van der Waals surface area (Å²) in [6.45, 7) is 1.82. The number of nitrogen functional groups attached to an aromatic ring is 1. The second-order valence-corrected chi connectivity index (χ2v) is 4.84. The van der Waals surface area contributed by atoms with E-state index in [0.29, 0.717) is 27.8 Å². The summed E-state index contributed by atoms with van der Waals surface area (Å²) in [6.07, 6.45) is 0. The minimum Gasteiger partial charge on any atom is -0.496 e. The Morgan fingerprint density at radius 2 is 2.19 bits per heavy atom. The minimum absolute atomic E-state index is 0.0226. The Bertz CT molecular complexity index is 682. The van der Waals surface area contributed by atoms with Crippen molar-refractivity contribution in [3.05, 3.63) is 40.2 Å². The van der Waals surface area contributed by atoms with Gasteiger partial charge >= 0.3 is 5.97 Å². The molecule has 0 aliphatic carbocycles. The Kier molecular flexibility index (Phi) is 4.37. The number of methoxy groups -OCH3 is 1. The Hall–Kier alpha value is -2.21. The smallest absolute Gasteiger partial charge is 0.344 e. The molecule has 6 nitrogen and oxygen atoms in total. The van der Waals surface area contributed by atoms with E-state index in [-0.39, 0.29) is 12.2 Å². The van der Waals surface area contributed by atoms with E-state index < -0.39 is 5.97 Å². The molecule has 21 heavy (non-hydrogen) atoms. The van der Waals surface area contributed by atoms with Crippen molar-refractivity contribution in [1.82, 2.24) is 9.78 Å². The third-order valence-electron chi connectivity index (χ3n) is 3.10. The molecular formula is C14H16ClN3O3. The van der Waals surface area contributed by atoms with E-state index in [1.165, 1.54) is 11.8 Å². The molecule has 2 rings (SSSR count). The molecule has 0 bridgehead atoms. The molecule has 0 saturated carbocycles. The summed E-state index contributed by atoms with van der Waals surface area (Å²) in [4.78, 5) is 12.2. The quantitative estimate of drug-likeness (QED) is 0.692. The molecule has 112 valence electrons. The number of esters is 1. The van der Waals surface area contributed by atoms with Crippen LogP contribution in [0.4, 0.5) is 5.69 Å². The van der Waals surface area contributed by atoms with Crippen molar-refractivity contribution in [3.63, 3.8) is 0 Å². The summed E-state index contributed by atoms with van der Waals surface area (Å²) in [6, 6.07) is 4.96. The molecule has 0 radical (unpaired) electrons. The van der Waals surface area contributed by atoms with Crippen LogP contribution in [0.2, 0.25) is 5.15 Å². The second-order valence-electron chi connectivity index (χ2n) is 4.48. The van der Waals surface area contributed by atoms with Crippen LogP contribution in [0.3, 0.4) is 0 Å². The largest absolute Gasteiger partial charge is 0.496 e. The topological polar surface area (TPSA) is 79.4 Å². The van der Waals surface area contributed by atoms with Gasteiger partial charge in [0.05, 0.1) is 12.8 Å². The molecule has 0 unspecified atom stereocenters. The molecule has 0 amide bonds. The molecule has 2 aromatic rings. The fourth-order valence-electron chi connectivity index (χ4n) is 1.98. The van der Waals surface area contributed by atoms with Crippen molar-refractivity contribution in [1.29, 1.82) is 0 Å². The van der Waals surface area contributed by atoms with Crippen LogP contribution < -0.4 is 10.5 Å². The highest BCUT2D eigenvalue weighted by Crippen LogP contribution is 2.26. The number of carbonyl (C=O) groups is 1. The van der Waals surface area contributed by atoms with Crippen molar-refractivity contribution >= 4 is 23.3 Å².